The Labute approximate surface area is 123 Å². The molecule has 0 atom stereocenters. The third-order valence-corrected chi connectivity index (χ3v) is 3.18. The maximum Gasteiger partial charge on any atom is 0.151 e. The number of hydrazone groups is 1. The molecule has 2 aromatic rings. The van der Waals surface area contributed by atoms with E-state index < -0.39 is 0 Å². The lowest BCUT2D eigenvalue weighted by atomic mass is 10.2. The van der Waals surface area contributed by atoms with E-state index in [0.29, 0.717) is 5.82 Å². The van der Waals surface area contributed by atoms with Crippen molar-refractivity contribution < 1.29 is 4.74 Å². The van der Waals surface area contributed by atoms with Gasteiger partial charge < -0.3 is 9.64 Å². The Bertz CT molecular complexity index is 596. The number of benzene rings is 1. The molecule has 0 amide bonds. The fourth-order valence-corrected chi connectivity index (χ4v) is 2.09. The molecule has 1 saturated heterocycles. The Morgan fingerprint density at radius 3 is 2.76 bits per heavy atom. The lowest BCUT2D eigenvalue weighted by Crippen LogP contribution is -2.36. The summed E-state index contributed by atoms with van der Waals surface area (Å²) in [6, 6.07) is 11.8. The van der Waals surface area contributed by atoms with Crippen LogP contribution in [-0.4, -0.2) is 42.5 Å². The van der Waals surface area contributed by atoms with Crippen molar-refractivity contribution in [2.75, 3.05) is 36.6 Å². The van der Waals surface area contributed by atoms with E-state index in [1.165, 1.54) is 0 Å². The normalized spacial score (nSPS) is 15.3. The minimum Gasteiger partial charge on any atom is -0.378 e. The molecule has 1 N–H and O–H groups in total. The highest BCUT2D eigenvalue weighted by Crippen LogP contribution is 2.15. The summed E-state index contributed by atoms with van der Waals surface area (Å²) in [7, 11) is 0. The first kappa shape index (κ1) is 13.5. The van der Waals surface area contributed by atoms with Gasteiger partial charge >= 0.3 is 0 Å². The molecule has 6 heteroatoms. The predicted molar refractivity (Wildman–Crippen MR) is 82.7 cm³/mol. The Morgan fingerprint density at radius 2 is 1.95 bits per heavy atom. The minimum absolute atomic E-state index is 0.679. The van der Waals surface area contributed by atoms with Crippen LogP contribution in [-0.2, 0) is 4.74 Å². The summed E-state index contributed by atoms with van der Waals surface area (Å²) in [5.74, 6) is 1.57. The fourth-order valence-electron chi connectivity index (χ4n) is 2.09. The molecule has 1 aromatic carbocycles. The van der Waals surface area contributed by atoms with Crippen LogP contribution >= 0.6 is 0 Å². The van der Waals surface area contributed by atoms with Gasteiger partial charge in [0.25, 0.3) is 0 Å². The van der Waals surface area contributed by atoms with Gasteiger partial charge in [-0.1, -0.05) is 30.3 Å². The van der Waals surface area contributed by atoms with Gasteiger partial charge in [-0.15, -0.1) is 0 Å². The number of hydrogen-bond acceptors (Lipinski definition) is 6. The number of rotatable bonds is 4. The molecule has 1 aliphatic rings. The molecule has 0 spiro atoms. The predicted octanol–water partition coefficient (Wildman–Crippen LogP) is 1.76. The number of nitrogens with one attached hydrogen (secondary N) is 1. The largest absolute Gasteiger partial charge is 0.378 e. The van der Waals surface area contributed by atoms with E-state index in [0.717, 1.165) is 37.7 Å². The van der Waals surface area contributed by atoms with Gasteiger partial charge in [0.2, 0.25) is 0 Å². The second kappa shape index (κ2) is 6.81. The van der Waals surface area contributed by atoms with Crippen LogP contribution in [0.4, 0.5) is 11.6 Å². The van der Waals surface area contributed by atoms with Gasteiger partial charge in [-0.05, 0) is 5.56 Å². The SMILES string of the molecule is C(=N/Nc1cc(N2CCOCC2)ncn1)/c1ccccc1. The highest BCUT2D eigenvalue weighted by atomic mass is 16.5. The highest BCUT2D eigenvalue weighted by Gasteiger charge is 2.12. The molecule has 0 aliphatic carbocycles. The van der Waals surface area contributed by atoms with E-state index in [9.17, 15) is 0 Å². The van der Waals surface area contributed by atoms with Crippen LogP contribution in [0.2, 0.25) is 0 Å². The molecule has 1 aromatic heterocycles. The van der Waals surface area contributed by atoms with Crippen LogP contribution in [0.1, 0.15) is 5.56 Å². The van der Waals surface area contributed by atoms with Gasteiger partial charge in [0, 0.05) is 19.2 Å². The van der Waals surface area contributed by atoms with Crippen LogP contribution in [0, 0.1) is 0 Å². The average Bonchev–Trinajstić information content (AvgIpc) is 2.57. The first-order valence-electron chi connectivity index (χ1n) is 6.91. The van der Waals surface area contributed by atoms with Crippen molar-refractivity contribution in [3.63, 3.8) is 0 Å². The maximum absolute atomic E-state index is 5.34. The topological polar surface area (TPSA) is 62.6 Å². The molecule has 0 saturated carbocycles. The third kappa shape index (κ3) is 3.76. The van der Waals surface area contributed by atoms with Gasteiger partial charge in [-0.3, -0.25) is 5.43 Å². The molecule has 0 unspecified atom stereocenters. The first-order chi connectivity index (χ1) is 10.4. The summed E-state index contributed by atoms with van der Waals surface area (Å²) in [4.78, 5) is 10.6. The van der Waals surface area contributed by atoms with E-state index in [1.807, 2.05) is 36.4 Å². The Hall–Kier alpha value is -2.47. The van der Waals surface area contributed by atoms with Crippen molar-refractivity contribution in [2.45, 2.75) is 0 Å². The van der Waals surface area contributed by atoms with Crippen LogP contribution in [0.5, 0.6) is 0 Å². The van der Waals surface area contributed by atoms with Crippen molar-refractivity contribution in [2.24, 2.45) is 5.10 Å². The second-order valence-electron chi connectivity index (χ2n) is 4.64. The molecule has 3 rings (SSSR count). The van der Waals surface area contributed by atoms with E-state index in [-0.39, 0.29) is 0 Å². The van der Waals surface area contributed by atoms with Crippen LogP contribution in [0.3, 0.4) is 0 Å². The number of hydrogen-bond donors (Lipinski definition) is 1. The van der Waals surface area contributed by atoms with Gasteiger partial charge in [-0.25, -0.2) is 9.97 Å². The monoisotopic (exact) mass is 283 g/mol. The van der Waals surface area contributed by atoms with E-state index in [1.54, 1.807) is 12.5 Å². The zero-order valence-corrected chi connectivity index (χ0v) is 11.6. The van der Waals surface area contributed by atoms with Crippen LogP contribution in [0.25, 0.3) is 0 Å². The Balaban J connectivity index is 1.64. The second-order valence-corrected chi connectivity index (χ2v) is 4.64. The smallest absolute Gasteiger partial charge is 0.151 e. The maximum atomic E-state index is 5.34. The Morgan fingerprint density at radius 1 is 1.14 bits per heavy atom. The molecular weight excluding hydrogens is 266 g/mol. The lowest BCUT2D eigenvalue weighted by Gasteiger charge is -2.27. The van der Waals surface area contributed by atoms with Crippen molar-refractivity contribution in [3.8, 4) is 0 Å². The molecule has 21 heavy (non-hydrogen) atoms. The summed E-state index contributed by atoms with van der Waals surface area (Å²) in [6.45, 7) is 3.17. The number of morpholine rings is 1. The van der Waals surface area contributed by atoms with Crippen LogP contribution in [0.15, 0.2) is 47.8 Å². The molecule has 2 heterocycles. The molecular formula is C15H17N5O. The summed E-state index contributed by atoms with van der Waals surface area (Å²) in [6.07, 6.45) is 3.31. The summed E-state index contributed by atoms with van der Waals surface area (Å²) < 4.78 is 5.34. The molecule has 0 radical (unpaired) electrons. The van der Waals surface area contributed by atoms with Gasteiger partial charge in [0.15, 0.2) is 5.82 Å². The standard InChI is InChI=1S/C15H17N5O/c1-2-4-13(5-3-1)11-18-19-14-10-15(17-12-16-14)20-6-8-21-9-7-20/h1-5,10-12H,6-9H2,(H,16,17,19)/b18-11-. The molecule has 6 nitrogen and oxygen atoms in total. The third-order valence-electron chi connectivity index (χ3n) is 3.18. The first-order valence-corrected chi connectivity index (χ1v) is 6.91. The minimum atomic E-state index is 0.679. The molecule has 1 fully saturated rings. The summed E-state index contributed by atoms with van der Waals surface area (Å²) in [5.41, 5.74) is 3.97. The van der Waals surface area contributed by atoms with E-state index >= 15 is 0 Å². The molecule has 1 aliphatic heterocycles. The number of nitrogens with zero attached hydrogens (tertiary/aromatic N) is 4. The highest BCUT2D eigenvalue weighted by molar-refractivity contribution is 5.79. The number of ether oxygens (including phenoxy) is 1. The lowest BCUT2D eigenvalue weighted by molar-refractivity contribution is 0.122. The van der Waals surface area contributed by atoms with Crippen molar-refractivity contribution >= 4 is 17.9 Å². The number of anilines is 2. The van der Waals surface area contributed by atoms with E-state index in [2.05, 4.69) is 25.4 Å². The zero-order valence-electron chi connectivity index (χ0n) is 11.6. The Kier molecular flexibility index (Phi) is 4.38. The fraction of sp³-hybridized carbons (Fsp3) is 0.267. The zero-order chi connectivity index (χ0) is 14.3. The van der Waals surface area contributed by atoms with E-state index in [4.69, 9.17) is 4.74 Å². The molecule has 0 bridgehead atoms. The van der Waals surface area contributed by atoms with Gasteiger partial charge in [0.1, 0.15) is 12.1 Å². The van der Waals surface area contributed by atoms with Gasteiger partial charge in [0.05, 0.1) is 19.4 Å². The van der Waals surface area contributed by atoms with Gasteiger partial charge in [-0.2, -0.15) is 5.10 Å². The quantitative estimate of drug-likeness (QED) is 0.684. The van der Waals surface area contributed by atoms with Crippen molar-refractivity contribution in [3.05, 3.63) is 48.3 Å². The van der Waals surface area contributed by atoms with Crippen molar-refractivity contribution in [1.29, 1.82) is 0 Å². The average molecular weight is 283 g/mol. The van der Waals surface area contributed by atoms with Crippen molar-refractivity contribution in [1.82, 2.24) is 9.97 Å². The summed E-state index contributed by atoms with van der Waals surface area (Å²) >= 11 is 0. The number of aromatic nitrogens is 2. The van der Waals surface area contributed by atoms with Crippen LogP contribution < -0.4 is 10.3 Å². The molecule has 108 valence electrons. The summed E-state index contributed by atoms with van der Waals surface area (Å²) in [5, 5.41) is 4.19.